The van der Waals surface area contributed by atoms with Gasteiger partial charge >= 0.3 is 0 Å². The molecule has 0 radical (unpaired) electrons. The van der Waals surface area contributed by atoms with Crippen LogP contribution in [0, 0.1) is 11.6 Å². The van der Waals surface area contributed by atoms with Gasteiger partial charge in [0.2, 0.25) is 0 Å². The monoisotopic (exact) mass is 658 g/mol. The number of carbonyl (C=O) groups excluding carboxylic acids is 1. The Balaban J connectivity index is 1.62. The molecule has 0 unspecified atom stereocenters. The summed E-state index contributed by atoms with van der Waals surface area (Å²) in [7, 11) is 0. The van der Waals surface area contributed by atoms with Crippen LogP contribution in [-0.2, 0) is 0 Å². The van der Waals surface area contributed by atoms with E-state index in [-0.39, 0.29) is 26.6 Å². The summed E-state index contributed by atoms with van der Waals surface area (Å²) in [6, 6.07) is 15.5. The first-order chi connectivity index (χ1) is 16.6. The van der Waals surface area contributed by atoms with Gasteiger partial charge in [-0.2, -0.15) is 0 Å². The molecule has 0 heterocycles. The molecule has 0 bridgehead atoms. The van der Waals surface area contributed by atoms with Crippen LogP contribution in [0.25, 0.3) is 10.8 Å². The molecule has 35 heavy (non-hydrogen) atoms. The van der Waals surface area contributed by atoms with E-state index in [2.05, 4.69) is 42.5 Å². The number of halogens is 6. The Kier molecular flexibility index (Phi) is 7.92. The number of hydrogen-bond donors (Lipinski definition) is 2. The summed E-state index contributed by atoms with van der Waals surface area (Å²) in [4.78, 5) is 12.4. The molecule has 1 amide bonds. The van der Waals surface area contributed by atoms with Gasteiger partial charge in [0.1, 0.15) is 22.9 Å². The summed E-state index contributed by atoms with van der Waals surface area (Å²) in [5, 5.41) is 7.06. The van der Waals surface area contributed by atoms with Crippen LogP contribution in [0.5, 0.6) is 11.5 Å². The molecule has 0 saturated heterocycles. The average molecular weight is 661 g/mol. The van der Waals surface area contributed by atoms with Gasteiger partial charge in [-0.05, 0) is 81.4 Å². The van der Waals surface area contributed by atoms with Gasteiger partial charge in [-0.25, -0.2) is 8.78 Å². The Labute approximate surface area is 230 Å². The molecule has 4 nitrogen and oxygen atoms in total. The van der Waals surface area contributed by atoms with Gasteiger partial charge in [-0.3, -0.25) is 10.1 Å². The topological polar surface area (TPSA) is 50.4 Å². The molecule has 0 aliphatic rings. The van der Waals surface area contributed by atoms with Gasteiger partial charge in [-0.15, -0.1) is 0 Å². The molecule has 0 aliphatic heterocycles. The fourth-order valence-corrected chi connectivity index (χ4v) is 4.91. The molecule has 4 aromatic carbocycles. The van der Waals surface area contributed by atoms with E-state index in [0.717, 1.165) is 33.4 Å². The number of carbonyl (C=O) groups is 1. The fraction of sp³-hybridized carbons (Fsp3) is 0. The lowest BCUT2D eigenvalue weighted by Crippen LogP contribution is -2.35. The number of ether oxygens (including phenoxy) is 1. The molecule has 11 heteroatoms. The molecular formula is C24H12Br2Cl2F2N2O2S. The van der Waals surface area contributed by atoms with Crippen LogP contribution in [0.1, 0.15) is 10.4 Å². The first kappa shape index (κ1) is 25.8. The van der Waals surface area contributed by atoms with Crippen LogP contribution in [-0.4, -0.2) is 11.0 Å². The van der Waals surface area contributed by atoms with Crippen molar-refractivity contribution in [3.05, 3.63) is 96.9 Å². The minimum atomic E-state index is -1.06. The molecule has 0 atom stereocenters. The maximum Gasteiger partial charge on any atom is 0.263 e. The molecule has 0 aliphatic carbocycles. The van der Waals surface area contributed by atoms with Crippen molar-refractivity contribution in [3.8, 4) is 11.5 Å². The highest BCUT2D eigenvalue weighted by Gasteiger charge is 2.20. The van der Waals surface area contributed by atoms with E-state index >= 15 is 0 Å². The van der Waals surface area contributed by atoms with Crippen LogP contribution >= 0.6 is 67.3 Å². The van der Waals surface area contributed by atoms with Crippen molar-refractivity contribution < 1.29 is 18.3 Å². The van der Waals surface area contributed by atoms with E-state index < -0.39 is 23.1 Å². The van der Waals surface area contributed by atoms with Crippen molar-refractivity contribution in [1.82, 2.24) is 5.32 Å². The minimum absolute atomic E-state index is 0.164. The van der Waals surface area contributed by atoms with Gasteiger partial charge in [0.15, 0.2) is 10.9 Å². The highest BCUT2D eigenvalue weighted by molar-refractivity contribution is 9.11. The maximum absolute atomic E-state index is 13.9. The van der Waals surface area contributed by atoms with Gasteiger partial charge in [0, 0.05) is 9.50 Å². The lowest BCUT2D eigenvalue weighted by atomic mass is 10.1. The SMILES string of the molecule is O=C(NC(=S)Nc1cc(Cl)cc(Cl)c1Oc1ccc2cc(Br)ccc2c1Br)c1c(F)cccc1F. The second-order valence-electron chi connectivity index (χ2n) is 7.11. The molecule has 178 valence electrons. The van der Waals surface area contributed by atoms with Crippen LogP contribution in [0.2, 0.25) is 10.0 Å². The quantitative estimate of drug-likeness (QED) is 0.215. The third-order valence-corrected chi connectivity index (χ3v) is 6.78. The summed E-state index contributed by atoms with van der Waals surface area (Å²) in [6.45, 7) is 0. The molecule has 0 aromatic heterocycles. The van der Waals surface area contributed by atoms with Gasteiger partial charge < -0.3 is 10.1 Å². The van der Waals surface area contributed by atoms with Crippen molar-refractivity contribution in [2.45, 2.75) is 0 Å². The van der Waals surface area contributed by atoms with Gasteiger partial charge in [0.05, 0.1) is 15.2 Å². The Hall–Kier alpha value is -2.30. The third-order valence-electron chi connectivity index (χ3n) is 4.77. The molecule has 0 spiro atoms. The summed E-state index contributed by atoms with van der Waals surface area (Å²) >= 11 is 24.7. The van der Waals surface area contributed by atoms with Crippen LogP contribution in [0.4, 0.5) is 14.5 Å². The molecule has 0 saturated carbocycles. The largest absolute Gasteiger partial charge is 0.452 e. The minimum Gasteiger partial charge on any atom is -0.452 e. The number of amides is 1. The van der Waals surface area contributed by atoms with Crippen LogP contribution in [0.15, 0.2) is 69.6 Å². The summed E-state index contributed by atoms with van der Waals surface area (Å²) in [5.41, 5.74) is -0.534. The molecular weight excluding hydrogens is 649 g/mol. The number of benzene rings is 4. The number of rotatable bonds is 4. The molecule has 0 fully saturated rings. The number of thiocarbonyl (C=S) groups is 1. The highest BCUT2D eigenvalue weighted by atomic mass is 79.9. The van der Waals surface area contributed by atoms with E-state index in [0.29, 0.717) is 10.2 Å². The standard InChI is InChI=1S/C24H12Br2Cl2F2N2O2S/c25-12-5-6-14-11(8-12)4-7-19(21(14)26)34-22-15(28)9-13(27)10-18(22)31-24(35)32-23(33)20-16(29)2-1-3-17(20)30/h1-10H,(H2,31,32,33,35). The predicted molar refractivity (Wildman–Crippen MR) is 146 cm³/mol. The number of anilines is 1. The Morgan fingerprint density at radius 1 is 0.971 bits per heavy atom. The number of hydrogen-bond acceptors (Lipinski definition) is 3. The lowest BCUT2D eigenvalue weighted by Gasteiger charge is -2.17. The summed E-state index contributed by atoms with van der Waals surface area (Å²) in [6.07, 6.45) is 0. The van der Waals surface area contributed by atoms with Gasteiger partial charge in [-0.1, -0.05) is 57.3 Å². The second kappa shape index (κ2) is 10.8. The van der Waals surface area contributed by atoms with E-state index in [1.165, 1.54) is 12.1 Å². The molecule has 4 rings (SSSR count). The average Bonchev–Trinajstić information content (AvgIpc) is 2.77. The normalized spacial score (nSPS) is 10.8. The molecule has 2 N–H and O–H groups in total. The Morgan fingerprint density at radius 3 is 2.40 bits per heavy atom. The van der Waals surface area contributed by atoms with Crippen LogP contribution in [0.3, 0.4) is 0 Å². The van der Waals surface area contributed by atoms with Crippen LogP contribution < -0.4 is 15.4 Å². The lowest BCUT2D eigenvalue weighted by molar-refractivity contribution is 0.0969. The zero-order valence-electron chi connectivity index (χ0n) is 17.3. The fourth-order valence-electron chi connectivity index (χ4n) is 3.22. The van der Waals surface area contributed by atoms with Crippen molar-refractivity contribution in [1.29, 1.82) is 0 Å². The van der Waals surface area contributed by atoms with Crippen molar-refractivity contribution >= 4 is 94.8 Å². The van der Waals surface area contributed by atoms with E-state index in [9.17, 15) is 13.6 Å². The van der Waals surface area contributed by atoms with E-state index in [1.54, 1.807) is 6.07 Å². The predicted octanol–water partition coefficient (Wildman–Crippen LogP) is 8.87. The van der Waals surface area contributed by atoms with E-state index in [4.69, 9.17) is 40.2 Å². The maximum atomic E-state index is 13.9. The number of nitrogens with one attached hydrogen (secondary N) is 2. The second-order valence-corrected chi connectivity index (χ2v) is 10.1. The summed E-state index contributed by atoms with van der Waals surface area (Å²) < 4.78 is 35.6. The van der Waals surface area contributed by atoms with Crippen molar-refractivity contribution in [2.75, 3.05) is 5.32 Å². The zero-order valence-corrected chi connectivity index (χ0v) is 22.8. The van der Waals surface area contributed by atoms with Crippen molar-refractivity contribution in [2.24, 2.45) is 0 Å². The first-order valence-corrected chi connectivity index (χ1v) is 12.5. The zero-order chi connectivity index (χ0) is 25.3. The molecule has 4 aromatic rings. The third kappa shape index (κ3) is 5.76. The van der Waals surface area contributed by atoms with Crippen molar-refractivity contribution in [3.63, 3.8) is 0 Å². The van der Waals surface area contributed by atoms with Gasteiger partial charge in [0.25, 0.3) is 5.91 Å². The Bertz CT molecular complexity index is 1480. The first-order valence-electron chi connectivity index (χ1n) is 9.75. The highest BCUT2D eigenvalue weighted by Crippen LogP contribution is 2.43. The summed E-state index contributed by atoms with van der Waals surface area (Å²) in [5.74, 6) is -2.48. The number of fused-ring (bicyclic) bond motifs is 1. The van der Waals surface area contributed by atoms with E-state index in [1.807, 2.05) is 24.3 Å². The Morgan fingerprint density at radius 2 is 1.69 bits per heavy atom. The smallest absolute Gasteiger partial charge is 0.263 e.